The van der Waals surface area contributed by atoms with Gasteiger partial charge in [0.2, 0.25) is 6.29 Å². The molecule has 5 atom stereocenters. The molecule has 1 aromatic rings. The van der Waals surface area contributed by atoms with Gasteiger partial charge >= 0.3 is 0 Å². The molecule has 0 aromatic heterocycles. The summed E-state index contributed by atoms with van der Waals surface area (Å²) in [5.41, 5.74) is 0.187. The van der Waals surface area contributed by atoms with Crippen LogP contribution in [-0.2, 0) is 4.74 Å². The number of ether oxygens (including phenoxy) is 2. The molecule has 0 spiro atoms. The fourth-order valence-corrected chi connectivity index (χ4v) is 2.70. The van der Waals surface area contributed by atoms with Crippen LogP contribution in [0.2, 0.25) is 0 Å². The Hall–Kier alpha value is -2.10. The van der Waals surface area contributed by atoms with Gasteiger partial charge in [-0.3, -0.25) is 9.59 Å². The zero-order valence-corrected chi connectivity index (χ0v) is 12.4. The van der Waals surface area contributed by atoms with Gasteiger partial charge in [-0.25, -0.2) is 0 Å². The molecule has 1 fully saturated rings. The highest BCUT2D eigenvalue weighted by Gasteiger charge is 2.45. The zero-order valence-electron chi connectivity index (χ0n) is 12.4. The van der Waals surface area contributed by atoms with E-state index in [9.17, 15) is 30.0 Å². The molecule has 128 valence electrons. The molecular formula is C16H16O8. The molecule has 0 saturated carbocycles. The number of hydrogen-bond donors (Lipinski definition) is 4. The van der Waals surface area contributed by atoms with Gasteiger partial charge in [-0.1, -0.05) is 12.1 Å². The van der Waals surface area contributed by atoms with Crippen molar-refractivity contribution in [1.82, 2.24) is 0 Å². The van der Waals surface area contributed by atoms with Crippen LogP contribution >= 0.6 is 0 Å². The maximum atomic E-state index is 12.1. The van der Waals surface area contributed by atoms with Crippen molar-refractivity contribution in [3.63, 3.8) is 0 Å². The van der Waals surface area contributed by atoms with E-state index in [2.05, 4.69) is 0 Å². The maximum absolute atomic E-state index is 12.1. The van der Waals surface area contributed by atoms with Gasteiger partial charge < -0.3 is 29.9 Å². The summed E-state index contributed by atoms with van der Waals surface area (Å²) >= 11 is 0. The van der Waals surface area contributed by atoms with Crippen LogP contribution in [0, 0.1) is 0 Å². The van der Waals surface area contributed by atoms with Crippen molar-refractivity contribution >= 4 is 11.6 Å². The fraction of sp³-hybridized carbons (Fsp3) is 0.375. The Kier molecular flexibility index (Phi) is 4.48. The van der Waals surface area contributed by atoms with E-state index in [1.807, 2.05) is 0 Å². The van der Waals surface area contributed by atoms with E-state index < -0.39 is 43.1 Å². The number of benzene rings is 1. The Bertz CT molecular complexity index is 695. The molecule has 0 amide bonds. The lowest BCUT2D eigenvalue weighted by Crippen LogP contribution is -2.60. The number of allylic oxidation sites excluding steroid dienone is 2. The highest BCUT2D eigenvalue weighted by atomic mass is 16.7. The van der Waals surface area contributed by atoms with Crippen molar-refractivity contribution in [3.05, 3.63) is 41.5 Å². The number of carbonyl (C=O) groups excluding carboxylic acids is 2. The SMILES string of the molecule is O=C1C=CC(=O)c2c(O[C@@H]3O[C@H](CO)[C@@H](O)[C@H](O)[C@H]3O)cccc21. The average molecular weight is 336 g/mol. The second-order valence-corrected chi connectivity index (χ2v) is 5.56. The third-order valence-corrected chi connectivity index (χ3v) is 4.02. The van der Waals surface area contributed by atoms with Crippen molar-refractivity contribution in [2.24, 2.45) is 0 Å². The first kappa shape index (κ1) is 16.7. The molecule has 1 aromatic carbocycles. The lowest BCUT2D eigenvalue weighted by molar-refractivity contribution is -0.277. The average Bonchev–Trinajstić information content (AvgIpc) is 2.58. The molecular weight excluding hydrogens is 320 g/mol. The molecule has 4 N–H and O–H groups in total. The Labute approximate surface area is 136 Å². The number of fused-ring (bicyclic) bond motifs is 1. The molecule has 24 heavy (non-hydrogen) atoms. The molecule has 1 aliphatic heterocycles. The molecule has 8 heteroatoms. The van der Waals surface area contributed by atoms with Crippen LogP contribution in [-0.4, -0.2) is 69.3 Å². The summed E-state index contributed by atoms with van der Waals surface area (Å²) in [4.78, 5) is 23.9. The maximum Gasteiger partial charge on any atom is 0.229 e. The second-order valence-electron chi connectivity index (χ2n) is 5.56. The highest BCUT2D eigenvalue weighted by Crippen LogP contribution is 2.30. The van der Waals surface area contributed by atoms with E-state index in [4.69, 9.17) is 9.47 Å². The Balaban J connectivity index is 1.91. The quantitative estimate of drug-likeness (QED) is 0.541. The van der Waals surface area contributed by atoms with E-state index in [1.165, 1.54) is 18.2 Å². The van der Waals surface area contributed by atoms with Gasteiger partial charge in [0, 0.05) is 5.56 Å². The summed E-state index contributed by atoms with van der Waals surface area (Å²) < 4.78 is 10.7. The lowest BCUT2D eigenvalue weighted by atomic mass is 9.94. The van der Waals surface area contributed by atoms with Crippen molar-refractivity contribution < 1.29 is 39.5 Å². The first-order valence-corrected chi connectivity index (χ1v) is 7.31. The van der Waals surface area contributed by atoms with Crippen molar-refractivity contribution in [3.8, 4) is 5.75 Å². The van der Waals surface area contributed by atoms with E-state index in [1.54, 1.807) is 0 Å². The minimum atomic E-state index is -1.61. The summed E-state index contributed by atoms with van der Waals surface area (Å²) in [6.07, 6.45) is -5.01. The largest absolute Gasteiger partial charge is 0.461 e. The van der Waals surface area contributed by atoms with Crippen LogP contribution in [0.4, 0.5) is 0 Å². The molecule has 1 heterocycles. The number of hydrogen-bond acceptors (Lipinski definition) is 8. The minimum Gasteiger partial charge on any atom is -0.461 e. The summed E-state index contributed by atoms with van der Waals surface area (Å²) in [5.74, 6) is -0.798. The van der Waals surface area contributed by atoms with Gasteiger partial charge in [-0.2, -0.15) is 0 Å². The molecule has 8 nitrogen and oxygen atoms in total. The van der Waals surface area contributed by atoms with Crippen LogP contribution in [0.25, 0.3) is 0 Å². The first-order chi connectivity index (χ1) is 11.4. The molecule has 3 rings (SSSR count). The van der Waals surface area contributed by atoms with Gasteiger partial charge in [0.1, 0.15) is 30.2 Å². The van der Waals surface area contributed by atoms with Crippen molar-refractivity contribution in [1.29, 1.82) is 0 Å². The van der Waals surface area contributed by atoms with Crippen LogP contribution in [0.1, 0.15) is 20.7 Å². The van der Waals surface area contributed by atoms with E-state index in [0.29, 0.717) is 0 Å². The standard InChI is InChI=1S/C16H16O8/c17-6-11-13(20)14(21)15(22)16(24-11)23-10-3-1-2-7-8(18)4-5-9(19)12(7)10/h1-5,11,13-17,20-22H,6H2/t11-,13-,14+,15-,16-/m1/s1. The molecule has 1 aliphatic carbocycles. The zero-order chi connectivity index (χ0) is 17.4. The number of rotatable bonds is 3. The third kappa shape index (κ3) is 2.74. The van der Waals surface area contributed by atoms with Crippen molar-refractivity contribution in [2.75, 3.05) is 6.61 Å². The minimum absolute atomic E-state index is 0.000436. The normalized spacial score (nSPS) is 32.6. The molecule has 2 aliphatic rings. The summed E-state index contributed by atoms with van der Waals surface area (Å²) in [7, 11) is 0. The number of ketones is 2. The fourth-order valence-electron chi connectivity index (χ4n) is 2.70. The van der Waals surface area contributed by atoms with E-state index in [0.717, 1.165) is 12.2 Å². The molecule has 0 bridgehead atoms. The monoisotopic (exact) mass is 336 g/mol. The molecule has 0 radical (unpaired) electrons. The van der Waals surface area contributed by atoms with Crippen LogP contribution < -0.4 is 4.74 Å². The topological polar surface area (TPSA) is 134 Å². The summed E-state index contributed by atoms with van der Waals surface area (Å²) in [5, 5.41) is 38.7. The van der Waals surface area contributed by atoms with Crippen LogP contribution in [0.5, 0.6) is 5.75 Å². The van der Waals surface area contributed by atoms with Gasteiger partial charge in [0.25, 0.3) is 0 Å². The first-order valence-electron chi connectivity index (χ1n) is 7.31. The molecule has 1 saturated heterocycles. The predicted molar refractivity (Wildman–Crippen MR) is 78.6 cm³/mol. The van der Waals surface area contributed by atoms with E-state index in [-0.39, 0.29) is 22.7 Å². The summed E-state index contributed by atoms with van der Waals surface area (Å²) in [6, 6.07) is 4.40. The van der Waals surface area contributed by atoms with Gasteiger partial charge in [0.15, 0.2) is 11.6 Å². The highest BCUT2D eigenvalue weighted by molar-refractivity contribution is 6.23. The van der Waals surface area contributed by atoms with Gasteiger partial charge in [-0.15, -0.1) is 0 Å². The van der Waals surface area contributed by atoms with Crippen molar-refractivity contribution in [2.45, 2.75) is 30.7 Å². The van der Waals surface area contributed by atoms with Crippen LogP contribution in [0.15, 0.2) is 30.4 Å². The number of carbonyl (C=O) groups is 2. The Morgan fingerprint density at radius 3 is 2.42 bits per heavy atom. The Morgan fingerprint density at radius 2 is 1.71 bits per heavy atom. The molecule has 0 unspecified atom stereocenters. The summed E-state index contributed by atoms with van der Waals surface area (Å²) in [6.45, 7) is -0.599. The smallest absolute Gasteiger partial charge is 0.229 e. The van der Waals surface area contributed by atoms with E-state index >= 15 is 0 Å². The number of aliphatic hydroxyl groups excluding tert-OH is 4. The third-order valence-electron chi connectivity index (χ3n) is 4.02. The second kappa shape index (κ2) is 6.42. The van der Waals surface area contributed by atoms with Gasteiger partial charge in [-0.05, 0) is 18.2 Å². The predicted octanol–water partition coefficient (Wildman–Crippen LogP) is -1.20. The number of aliphatic hydroxyl groups is 4. The van der Waals surface area contributed by atoms with Gasteiger partial charge in [0.05, 0.1) is 12.2 Å². The Morgan fingerprint density at radius 1 is 1.00 bits per heavy atom. The lowest BCUT2D eigenvalue weighted by Gasteiger charge is -2.39. The van der Waals surface area contributed by atoms with Crippen LogP contribution in [0.3, 0.4) is 0 Å².